The molecule has 2 aliphatic heterocycles. The van der Waals surface area contributed by atoms with E-state index in [1.54, 1.807) is 18.2 Å². The highest BCUT2D eigenvalue weighted by molar-refractivity contribution is 6.12. The van der Waals surface area contributed by atoms with Gasteiger partial charge in [0.1, 0.15) is 6.61 Å². The number of fused-ring (bicyclic) bond motifs is 1. The molecule has 0 aromatic heterocycles. The highest BCUT2D eigenvalue weighted by atomic mass is 16.5. The molecule has 0 fully saturated rings. The topological polar surface area (TPSA) is 59.0 Å². The molecule has 5 nitrogen and oxygen atoms in total. The third-order valence-electron chi connectivity index (χ3n) is 2.83. The maximum absolute atomic E-state index is 11.7. The lowest BCUT2D eigenvalue weighted by atomic mass is 10.1. The number of carbonyl (C=O) groups is 2. The fourth-order valence-electron chi connectivity index (χ4n) is 2.01. The van der Waals surface area contributed by atoms with Crippen molar-refractivity contribution in [2.45, 2.75) is 20.0 Å². The molecule has 17 heavy (non-hydrogen) atoms. The van der Waals surface area contributed by atoms with Gasteiger partial charge in [0.15, 0.2) is 0 Å². The lowest BCUT2D eigenvalue weighted by molar-refractivity contribution is -0.116. The summed E-state index contributed by atoms with van der Waals surface area (Å²) < 4.78 is 4.91. The fraction of sp³-hybridized carbons (Fsp3) is 0.250. The van der Waals surface area contributed by atoms with Crippen molar-refractivity contribution in [2.75, 3.05) is 5.01 Å². The second kappa shape index (κ2) is 3.41. The molecule has 1 amide bonds. The summed E-state index contributed by atoms with van der Waals surface area (Å²) in [6.07, 6.45) is 0.354. The van der Waals surface area contributed by atoms with Gasteiger partial charge in [0, 0.05) is 11.3 Å². The van der Waals surface area contributed by atoms with E-state index in [1.165, 1.54) is 5.01 Å². The number of carbonyl (C=O) groups excluding carboxylic acids is 2. The first-order chi connectivity index (χ1) is 8.15. The lowest BCUT2D eigenvalue weighted by Crippen LogP contribution is -2.19. The minimum Gasteiger partial charge on any atom is -0.457 e. The summed E-state index contributed by atoms with van der Waals surface area (Å²) in [6.45, 7) is 2.09. The predicted octanol–water partition coefficient (Wildman–Crippen LogP) is 1.47. The van der Waals surface area contributed by atoms with Gasteiger partial charge in [-0.1, -0.05) is 0 Å². The van der Waals surface area contributed by atoms with Crippen LogP contribution in [0.2, 0.25) is 0 Å². The van der Waals surface area contributed by atoms with Crippen molar-refractivity contribution < 1.29 is 14.3 Å². The van der Waals surface area contributed by atoms with E-state index in [0.29, 0.717) is 17.7 Å². The van der Waals surface area contributed by atoms with Crippen molar-refractivity contribution in [1.82, 2.24) is 0 Å². The Hall–Kier alpha value is -2.17. The van der Waals surface area contributed by atoms with Crippen LogP contribution in [0.1, 0.15) is 29.3 Å². The maximum Gasteiger partial charge on any atom is 0.338 e. The molecule has 0 saturated carbocycles. The van der Waals surface area contributed by atoms with Crippen LogP contribution in [0.25, 0.3) is 0 Å². The normalized spacial score (nSPS) is 18.2. The minimum atomic E-state index is -0.306. The van der Waals surface area contributed by atoms with Gasteiger partial charge in [-0.3, -0.25) is 4.79 Å². The molecular formula is C12H10N2O3. The summed E-state index contributed by atoms with van der Waals surface area (Å²) in [5.74, 6) is -0.355. The van der Waals surface area contributed by atoms with Crippen molar-refractivity contribution >= 4 is 23.3 Å². The molecule has 0 atom stereocenters. The van der Waals surface area contributed by atoms with Gasteiger partial charge in [0.2, 0.25) is 0 Å². The summed E-state index contributed by atoms with van der Waals surface area (Å²) in [4.78, 5) is 22.9. The number of esters is 1. The molecule has 2 heterocycles. The van der Waals surface area contributed by atoms with E-state index < -0.39 is 0 Å². The number of anilines is 1. The van der Waals surface area contributed by atoms with Gasteiger partial charge in [-0.25, -0.2) is 9.80 Å². The number of hydrazone groups is 1. The molecule has 5 heteroatoms. The van der Waals surface area contributed by atoms with Crippen LogP contribution in [-0.2, 0) is 16.1 Å². The van der Waals surface area contributed by atoms with Crippen LogP contribution >= 0.6 is 0 Å². The number of nitrogens with zero attached hydrogens (tertiary/aromatic N) is 2. The monoisotopic (exact) mass is 230 g/mol. The highest BCUT2D eigenvalue weighted by Gasteiger charge is 2.26. The Kier molecular flexibility index (Phi) is 2.01. The SMILES string of the molecule is CC1=NN(c2ccc3c(c2)COC3=O)C(=O)C1. The third-order valence-corrected chi connectivity index (χ3v) is 2.83. The van der Waals surface area contributed by atoms with Crippen LogP contribution in [0, 0.1) is 0 Å². The Labute approximate surface area is 97.7 Å². The van der Waals surface area contributed by atoms with Gasteiger partial charge in [-0.05, 0) is 25.1 Å². The summed E-state index contributed by atoms with van der Waals surface area (Å²) in [6, 6.07) is 5.17. The molecule has 0 saturated heterocycles. The minimum absolute atomic E-state index is 0.0484. The average Bonchev–Trinajstić information content (AvgIpc) is 2.82. The van der Waals surface area contributed by atoms with E-state index in [2.05, 4.69) is 5.10 Å². The van der Waals surface area contributed by atoms with Crippen LogP contribution < -0.4 is 5.01 Å². The average molecular weight is 230 g/mol. The van der Waals surface area contributed by atoms with Crippen LogP contribution in [0.3, 0.4) is 0 Å². The molecule has 1 aromatic carbocycles. The Morgan fingerprint density at radius 3 is 2.88 bits per heavy atom. The summed E-state index contributed by atoms with van der Waals surface area (Å²) in [5.41, 5.74) is 2.85. The molecule has 0 unspecified atom stereocenters. The van der Waals surface area contributed by atoms with E-state index in [-0.39, 0.29) is 18.5 Å². The number of amides is 1. The molecule has 86 valence electrons. The zero-order chi connectivity index (χ0) is 12.0. The maximum atomic E-state index is 11.7. The number of benzene rings is 1. The quantitative estimate of drug-likeness (QED) is 0.686. The molecule has 1 aromatic rings. The third kappa shape index (κ3) is 1.51. The van der Waals surface area contributed by atoms with Crippen molar-refractivity contribution in [3.05, 3.63) is 29.3 Å². The van der Waals surface area contributed by atoms with Gasteiger partial charge >= 0.3 is 5.97 Å². The summed E-state index contributed by atoms with van der Waals surface area (Å²) in [7, 11) is 0. The molecule has 0 radical (unpaired) electrons. The van der Waals surface area contributed by atoms with Gasteiger partial charge in [-0.15, -0.1) is 0 Å². The Bertz CT molecular complexity index is 563. The van der Waals surface area contributed by atoms with Gasteiger partial charge < -0.3 is 4.74 Å². The van der Waals surface area contributed by atoms with Crippen molar-refractivity contribution in [1.29, 1.82) is 0 Å². The van der Waals surface area contributed by atoms with Crippen molar-refractivity contribution in [3.63, 3.8) is 0 Å². The largest absolute Gasteiger partial charge is 0.457 e. The molecule has 0 bridgehead atoms. The van der Waals surface area contributed by atoms with Gasteiger partial charge in [0.05, 0.1) is 17.7 Å². The highest BCUT2D eigenvalue weighted by Crippen LogP contribution is 2.27. The van der Waals surface area contributed by atoms with Crippen LogP contribution in [0.5, 0.6) is 0 Å². The number of rotatable bonds is 1. The first kappa shape index (κ1) is 10.0. The second-order valence-corrected chi connectivity index (χ2v) is 4.14. The van der Waals surface area contributed by atoms with Crippen LogP contribution in [0.4, 0.5) is 5.69 Å². The smallest absolute Gasteiger partial charge is 0.338 e. The summed E-state index contributed by atoms with van der Waals surface area (Å²) >= 11 is 0. The Morgan fingerprint density at radius 1 is 1.35 bits per heavy atom. The zero-order valence-electron chi connectivity index (χ0n) is 9.27. The van der Waals surface area contributed by atoms with Crippen molar-refractivity contribution in [2.24, 2.45) is 5.10 Å². The Morgan fingerprint density at radius 2 is 2.18 bits per heavy atom. The molecule has 0 spiro atoms. The number of cyclic esters (lactones) is 1. The van der Waals surface area contributed by atoms with E-state index in [9.17, 15) is 9.59 Å². The number of hydrogen-bond donors (Lipinski definition) is 0. The zero-order valence-corrected chi connectivity index (χ0v) is 9.27. The van der Waals surface area contributed by atoms with E-state index >= 15 is 0 Å². The lowest BCUT2D eigenvalue weighted by Gasteiger charge is -2.12. The second-order valence-electron chi connectivity index (χ2n) is 4.14. The number of hydrogen-bond acceptors (Lipinski definition) is 4. The fourth-order valence-corrected chi connectivity index (χ4v) is 2.01. The van der Waals surface area contributed by atoms with E-state index in [1.807, 2.05) is 6.92 Å². The van der Waals surface area contributed by atoms with E-state index in [4.69, 9.17) is 4.74 Å². The van der Waals surface area contributed by atoms with E-state index in [0.717, 1.165) is 11.3 Å². The molecule has 0 N–H and O–H groups in total. The first-order valence-corrected chi connectivity index (χ1v) is 5.32. The van der Waals surface area contributed by atoms with Gasteiger partial charge in [0.25, 0.3) is 5.91 Å². The molecule has 3 rings (SSSR count). The predicted molar refractivity (Wildman–Crippen MR) is 60.8 cm³/mol. The van der Waals surface area contributed by atoms with Crippen LogP contribution in [0.15, 0.2) is 23.3 Å². The molecule has 0 aliphatic carbocycles. The standard InChI is InChI=1S/C12H10N2O3/c1-7-4-11(15)14(13-7)9-2-3-10-8(5-9)6-17-12(10)16/h2-3,5H,4,6H2,1H3. The number of ether oxygens (including phenoxy) is 1. The first-order valence-electron chi connectivity index (χ1n) is 5.32. The Balaban J connectivity index is 2.01. The molecular weight excluding hydrogens is 220 g/mol. The van der Waals surface area contributed by atoms with Crippen LogP contribution in [-0.4, -0.2) is 17.6 Å². The molecule has 2 aliphatic rings. The van der Waals surface area contributed by atoms with Crippen molar-refractivity contribution in [3.8, 4) is 0 Å². The van der Waals surface area contributed by atoms with Gasteiger partial charge in [-0.2, -0.15) is 5.10 Å². The summed E-state index contributed by atoms with van der Waals surface area (Å²) in [5, 5.41) is 5.53.